The molecule has 3 atom stereocenters. The molecule has 12 nitrogen and oxygen atoms in total. The summed E-state index contributed by atoms with van der Waals surface area (Å²) in [5.41, 5.74) is 1.62. The average molecular weight is 508 g/mol. The molecule has 0 unspecified atom stereocenters. The lowest BCUT2D eigenvalue weighted by atomic mass is 10.1. The number of rotatable bonds is 7. The third-order valence-corrected chi connectivity index (χ3v) is 6.70. The van der Waals surface area contributed by atoms with Crippen LogP contribution in [0.15, 0.2) is 33.4 Å². The highest BCUT2D eigenvalue weighted by molar-refractivity contribution is 6.30. The fourth-order valence-corrected chi connectivity index (χ4v) is 5.00. The second kappa shape index (κ2) is 9.62. The van der Waals surface area contributed by atoms with Crippen molar-refractivity contribution in [3.8, 4) is 17.4 Å². The molecule has 1 amide bonds. The number of pyridine rings is 1. The average Bonchev–Trinajstić information content (AvgIpc) is 3.18. The van der Waals surface area contributed by atoms with Crippen molar-refractivity contribution in [1.29, 1.82) is 0 Å². The Bertz CT molecular complexity index is 1260. The van der Waals surface area contributed by atoms with Crippen LogP contribution in [0.2, 0.25) is 5.15 Å². The number of benzene rings is 1. The summed E-state index contributed by atoms with van der Waals surface area (Å²) in [6.07, 6.45) is 0.707. The summed E-state index contributed by atoms with van der Waals surface area (Å²) in [7, 11) is 3.16. The van der Waals surface area contributed by atoms with Crippen LogP contribution in [-0.2, 0) is 6.54 Å². The van der Waals surface area contributed by atoms with E-state index >= 15 is 0 Å². The first kappa shape index (κ1) is 23.2. The molecule has 2 saturated heterocycles. The zero-order valence-corrected chi connectivity index (χ0v) is 19.9. The maximum Gasteiger partial charge on any atom is 0.407 e. The molecule has 188 valence electrons. The molecule has 2 aromatic heterocycles. The fraction of sp³-hybridized carbons (Fsp3) is 0.455. The summed E-state index contributed by atoms with van der Waals surface area (Å²) in [4.78, 5) is 17.5. The number of nitrogens with zero attached hydrogens (tertiary/aromatic N) is 3. The minimum Gasteiger partial charge on any atom is -0.497 e. The molecule has 2 aliphatic rings. The third-order valence-electron chi connectivity index (χ3n) is 6.51. The van der Waals surface area contributed by atoms with Crippen LogP contribution in [0, 0.1) is 0 Å². The monoisotopic (exact) mass is 507 g/mol. The molecule has 13 heteroatoms. The summed E-state index contributed by atoms with van der Waals surface area (Å²) in [6.45, 7) is 1.07. The maximum atomic E-state index is 11.7. The Balaban J connectivity index is 1.41. The van der Waals surface area contributed by atoms with Crippen LogP contribution in [0.5, 0.6) is 17.4 Å². The molecular weight excluding hydrogens is 482 g/mol. The minimum absolute atomic E-state index is 0.000935. The quantitative estimate of drug-likeness (QED) is 0.411. The number of hydrogen-bond acceptors (Lipinski definition) is 8. The van der Waals surface area contributed by atoms with Crippen LogP contribution in [0.25, 0.3) is 11.1 Å². The number of halogens is 1. The van der Waals surface area contributed by atoms with Crippen molar-refractivity contribution in [2.45, 2.75) is 37.5 Å². The fourth-order valence-electron chi connectivity index (χ4n) is 4.82. The van der Waals surface area contributed by atoms with Gasteiger partial charge in [-0.2, -0.15) is 9.72 Å². The number of piperazine rings is 1. The van der Waals surface area contributed by atoms with E-state index in [1.54, 1.807) is 26.4 Å². The summed E-state index contributed by atoms with van der Waals surface area (Å²) in [6, 6.07) is 6.73. The van der Waals surface area contributed by atoms with Crippen molar-refractivity contribution in [1.82, 2.24) is 25.3 Å². The number of methoxy groups -OCH3 is 2. The second-order valence-electron chi connectivity index (χ2n) is 8.40. The Hall–Kier alpha value is -3.51. The number of ether oxygens (including phenoxy) is 3. The van der Waals surface area contributed by atoms with E-state index < -0.39 is 6.09 Å². The number of nitrogens with one attached hydrogen (secondary N) is 2. The lowest BCUT2D eigenvalue weighted by molar-refractivity contribution is 0.0743. The van der Waals surface area contributed by atoms with Gasteiger partial charge in [-0.25, -0.2) is 4.79 Å². The third kappa shape index (κ3) is 4.46. The van der Waals surface area contributed by atoms with Gasteiger partial charge in [0, 0.05) is 30.3 Å². The number of hydrogen-bond donors (Lipinski definition) is 3. The first-order valence-electron chi connectivity index (χ1n) is 11.1. The predicted octanol–water partition coefficient (Wildman–Crippen LogP) is 3.26. The molecule has 3 N–H and O–H groups in total. The molecule has 35 heavy (non-hydrogen) atoms. The van der Waals surface area contributed by atoms with E-state index in [-0.39, 0.29) is 42.3 Å². The van der Waals surface area contributed by atoms with Crippen LogP contribution >= 0.6 is 11.6 Å². The van der Waals surface area contributed by atoms with Crippen molar-refractivity contribution in [2.75, 3.05) is 27.4 Å². The number of carboxylic acid groups (broad SMARTS) is 1. The first-order valence-corrected chi connectivity index (χ1v) is 11.5. The van der Waals surface area contributed by atoms with Gasteiger partial charge < -0.3 is 29.2 Å². The smallest absolute Gasteiger partial charge is 0.407 e. The van der Waals surface area contributed by atoms with Gasteiger partial charge in [0.2, 0.25) is 5.58 Å². The van der Waals surface area contributed by atoms with Crippen molar-refractivity contribution in [3.05, 3.63) is 35.0 Å². The van der Waals surface area contributed by atoms with E-state index in [9.17, 15) is 9.90 Å². The Labute approximate surface area is 204 Å². The summed E-state index contributed by atoms with van der Waals surface area (Å²) in [5, 5.41) is 15.6. The Morgan fingerprint density at radius 2 is 2.14 bits per heavy atom. The normalized spacial score (nSPS) is 21.2. The number of aromatic amines is 1. The zero-order chi connectivity index (χ0) is 24.5. The number of fused-ring (bicyclic) bond motifs is 3. The molecule has 0 aliphatic carbocycles. The van der Waals surface area contributed by atoms with Gasteiger partial charge in [0.15, 0.2) is 0 Å². The number of carbonyl (C=O) groups is 1. The highest BCUT2D eigenvalue weighted by Gasteiger charge is 2.45. The summed E-state index contributed by atoms with van der Waals surface area (Å²) < 4.78 is 29.3. The molecule has 2 fully saturated rings. The van der Waals surface area contributed by atoms with Crippen LogP contribution in [0.1, 0.15) is 18.4 Å². The lowest BCUT2D eigenvalue weighted by Gasteiger charge is -2.38. The summed E-state index contributed by atoms with van der Waals surface area (Å²) in [5.74, 6) is 1.46. The van der Waals surface area contributed by atoms with Crippen LogP contribution in [-0.4, -0.2) is 76.6 Å². The topological polar surface area (TPSA) is 140 Å². The van der Waals surface area contributed by atoms with Gasteiger partial charge in [-0.15, -0.1) is 0 Å². The van der Waals surface area contributed by atoms with Gasteiger partial charge in [0.1, 0.15) is 28.8 Å². The van der Waals surface area contributed by atoms with E-state index in [4.69, 9.17) is 35.0 Å². The molecule has 1 aromatic carbocycles. The maximum absolute atomic E-state index is 11.7. The Morgan fingerprint density at radius 1 is 1.29 bits per heavy atom. The minimum atomic E-state index is -0.906. The van der Waals surface area contributed by atoms with E-state index in [0.717, 1.165) is 18.4 Å². The molecule has 3 aromatic rings. The van der Waals surface area contributed by atoms with Crippen molar-refractivity contribution in [3.63, 3.8) is 0 Å². The summed E-state index contributed by atoms with van der Waals surface area (Å²) >= 11 is 6.31. The van der Waals surface area contributed by atoms with E-state index in [2.05, 4.69) is 15.6 Å². The van der Waals surface area contributed by atoms with Gasteiger partial charge in [-0.3, -0.25) is 9.53 Å². The molecule has 0 radical (unpaired) electrons. The van der Waals surface area contributed by atoms with Gasteiger partial charge in [0.05, 0.1) is 32.8 Å². The predicted molar refractivity (Wildman–Crippen MR) is 124 cm³/mol. The standard InChI is InChI=1S/C22H26ClN5O7/c1-31-14-5-3-12(18(7-14)32-2)10-27-17-8-19(23)25-21(20(17)34-26-35-27)33-11-15-16-6-4-13(9-24-15)28(16)22(29)30/h3,5,7-8,13,15-16,24,26H,4,6,9-11H2,1-2H3,(H,29,30)/t13-,15-,16+/m1/s1. The molecule has 2 bridgehead atoms. The van der Waals surface area contributed by atoms with Gasteiger partial charge in [0.25, 0.3) is 5.88 Å². The molecule has 5 rings (SSSR count). The number of aromatic nitrogens is 3. The first-order chi connectivity index (χ1) is 17.0. The molecule has 0 spiro atoms. The molecular formula is C22H26ClN5O7. The number of H-pyrrole nitrogens is 1. The van der Waals surface area contributed by atoms with Crippen LogP contribution in [0.3, 0.4) is 0 Å². The Morgan fingerprint density at radius 3 is 2.91 bits per heavy atom. The SMILES string of the molecule is COc1ccc(Cn2o[nH]oc3c(OC[C@H]4NC[C@H]5CC[C@@H]4N5C(=O)O)nc(Cl)cc32)c(OC)c1. The zero-order valence-electron chi connectivity index (χ0n) is 19.2. The Kier molecular flexibility index (Phi) is 6.39. The molecule has 4 heterocycles. The van der Waals surface area contributed by atoms with Gasteiger partial charge >= 0.3 is 6.09 Å². The van der Waals surface area contributed by atoms with E-state index in [0.29, 0.717) is 29.1 Å². The lowest BCUT2D eigenvalue weighted by Crippen LogP contribution is -2.61. The van der Waals surface area contributed by atoms with Crippen molar-refractivity contribution >= 4 is 28.8 Å². The van der Waals surface area contributed by atoms with Crippen LogP contribution in [0.4, 0.5) is 4.79 Å². The van der Waals surface area contributed by atoms with Gasteiger partial charge in [-0.1, -0.05) is 16.9 Å². The second-order valence-corrected chi connectivity index (χ2v) is 8.79. The van der Waals surface area contributed by atoms with E-state index in [1.165, 1.54) is 9.64 Å². The van der Waals surface area contributed by atoms with Crippen molar-refractivity contribution in [2.24, 2.45) is 0 Å². The highest BCUT2D eigenvalue weighted by Crippen LogP contribution is 2.32. The van der Waals surface area contributed by atoms with Crippen molar-refractivity contribution < 1.29 is 33.3 Å². The highest BCUT2D eigenvalue weighted by atomic mass is 35.5. The molecule has 0 saturated carbocycles. The molecule has 2 aliphatic heterocycles. The van der Waals surface area contributed by atoms with Gasteiger partial charge in [-0.05, 0) is 25.0 Å². The van der Waals surface area contributed by atoms with E-state index in [1.807, 2.05) is 12.1 Å². The van der Waals surface area contributed by atoms with Crippen LogP contribution < -0.4 is 19.5 Å². The number of amides is 1. The largest absolute Gasteiger partial charge is 0.497 e.